The zero-order valence-electron chi connectivity index (χ0n) is 15.3. The van der Waals surface area contributed by atoms with E-state index in [0.29, 0.717) is 24.4 Å². The first-order valence-electron chi connectivity index (χ1n) is 8.00. The third-order valence-corrected chi connectivity index (χ3v) is 6.50. The summed E-state index contributed by atoms with van der Waals surface area (Å²) in [5, 5.41) is 25.4. The molecular formula is C18H22N4O2S2. The summed E-state index contributed by atoms with van der Waals surface area (Å²) in [5.74, 6) is 0. The average molecular weight is 391 g/mol. The van der Waals surface area contributed by atoms with E-state index < -0.39 is 0 Å². The summed E-state index contributed by atoms with van der Waals surface area (Å²) in [6, 6.07) is 4.58. The van der Waals surface area contributed by atoms with Crippen molar-refractivity contribution in [3.8, 4) is 12.1 Å². The molecule has 0 aliphatic carbocycles. The minimum absolute atomic E-state index is 0.195. The summed E-state index contributed by atoms with van der Waals surface area (Å²) in [6.07, 6.45) is 3.87. The summed E-state index contributed by atoms with van der Waals surface area (Å²) in [5.41, 5.74) is 5.03. The van der Waals surface area contributed by atoms with Crippen molar-refractivity contribution < 1.29 is 9.47 Å². The molecule has 138 valence electrons. The minimum atomic E-state index is -0.195. The Morgan fingerprint density at radius 3 is 1.58 bits per heavy atom. The van der Waals surface area contributed by atoms with Crippen LogP contribution in [-0.2, 0) is 9.47 Å². The Labute approximate surface area is 162 Å². The van der Waals surface area contributed by atoms with Crippen molar-refractivity contribution in [1.29, 1.82) is 10.5 Å². The van der Waals surface area contributed by atoms with Gasteiger partial charge in [-0.25, -0.2) is 0 Å². The third kappa shape index (κ3) is 4.87. The van der Waals surface area contributed by atoms with Gasteiger partial charge in [-0.3, -0.25) is 0 Å². The van der Waals surface area contributed by atoms with E-state index in [4.69, 9.17) is 9.47 Å². The predicted molar refractivity (Wildman–Crippen MR) is 106 cm³/mol. The number of rotatable bonds is 7. The summed E-state index contributed by atoms with van der Waals surface area (Å²) in [7, 11) is 6.28. The molecule has 2 heterocycles. The molecule has 6 nitrogen and oxygen atoms in total. The SMILES string of the molecule is COCC1=C(C#N)C(SSC2NC(C)=CC(COC)=C2C#N)NC(C)=C1. The second-order valence-electron chi connectivity index (χ2n) is 5.86. The fourth-order valence-electron chi connectivity index (χ4n) is 2.72. The smallest absolute Gasteiger partial charge is 0.118 e. The first kappa shape index (κ1) is 20.5. The molecule has 0 aromatic heterocycles. The molecule has 8 heteroatoms. The molecule has 0 amide bonds. The molecule has 0 saturated heterocycles. The molecule has 2 N–H and O–H groups in total. The summed E-state index contributed by atoms with van der Waals surface area (Å²) < 4.78 is 10.4. The second-order valence-corrected chi connectivity index (χ2v) is 8.35. The molecule has 0 saturated carbocycles. The van der Waals surface area contributed by atoms with E-state index in [1.165, 1.54) is 21.6 Å². The maximum absolute atomic E-state index is 9.58. The van der Waals surface area contributed by atoms with Crippen LogP contribution in [0.5, 0.6) is 0 Å². The Morgan fingerprint density at radius 2 is 1.27 bits per heavy atom. The zero-order valence-corrected chi connectivity index (χ0v) is 16.9. The highest BCUT2D eigenvalue weighted by atomic mass is 33.1. The second kappa shape index (κ2) is 9.75. The van der Waals surface area contributed by atoms with Crippen LogP contribution in [0.2, 0.25) is 0 Å². The van der Waals surface area contributed by atoms with Crippen LogP contribution in [-0.4, -0.2) is 38.2 Å². The van der Waals surface area contributed by atoms with Gasteiger partial charge in [-0.05, 0) is 37.1 Å². The molecular weight excluding hydrogens is 368 g/mol. The first-order chi connectivity index (χ1) is 12.5. The molecule has 0 aromatic rings. The van der Waals surface area contributed by atoms with E-state index >= 15 is 0 Å². The molecule has 0 fully saturated rings. The third-order valence-electron chi connectivity index (χ3n) is 3.80. The number of nitrogens with zero attached hydrogens (tertiary/aromatic N) is 2. The summed E-state index contributed by atoms with van der Waals surface area (Å²) >= 11 is 0. The van der Waals surface area contributed by atoms with Crippen LogP contribution in [0, 0.1) is 22.7 Å². The molecule has 0 spiro atoms. The van der Waals surface area contributed by atoms with E-state index in [-0.39, 0.29) is 10.7 Å². The number of nitrogens with one attached hydrogen (secondary N) is 2. The van der Waals surface area contributed by atoms with Gasteiger partial charge in [0.15, 0.2) is 0 Å². The van der Waals surface area contributed by atoms with Gasteiger partial charge in [0.25, 0.3) is 0 Å². The molecule has 2 aliphatic heterocycles. The lowest BCUT2D eigenvalue weighted by molar-refractivity contribution is 0.227. The van der Waals surface area contributed by atoms with Gasteiger partial charge in [0.05, 0.1) is 36.5 Å². The zero-order chi connectivity index (χ0) is 19.1. The van der Waals surface area contributed by atoms with Crippen molar-refractivity contribution in [3.05, 3.63) is 45.8 Å². The number of hydrogen-bond acceptors (Lipinski definition) is 8. The van der Waals surface area contributed by atoms with Gasteiger partial charge in [0, 0.05) is 25.6 Å². The number of allylic oxidation sites excluding steroid dienone is 2. The highest BCUT2D eigenvalue weighted by Crippen LogP contribution is 2.39. The Hall–Kier alpha value is -1.84. The molecule has 0 aromatic carbocycles. The number of nitriles is 2. The predicted octanol–water partition coefficient (Wildman–Crippen LogP) is 2.97. The molecule has 2 atom stereocenters. The number of dihydropyridines is 2. The fourth-order valence-corrected chi connectivity index (χ4v) is 5.55. The van der Waals surface area contributed by atoms with E-state index in [2.05, 4.69) is 22.8 Å². The number of hydrogen-bond donors (Lipinski definition) is 2. The minimum Gasteiger partial charge on any atom is -0.380 e. The Morgan fingerprint density at radius 1 is 0.885 bits per heavy atom. The molecule has 0 bridgehead atoms. The lowest BCUT2D eigenvalue weighted by atomic mass is 10.1. The van der Waals surface area contributed by atoms with Crippen LogP contribution >= 0.6 is 21.6 Å². The van der Waals surface area contributed by atoms with Gasteiger partial charge >= 0.3 is 0 Å². The molecule has 2 rings (SSSR count). The van der Waals surface area contributed by atoms with Crippen molar-refractivity contribution in [2.75, 3.05) is 27.4 Å². The molecule has 2 aliphatic rings. The van der Waals surface area contributed by atoms with Gasteiger partial charge in [0.2, 0.25) is 0 Å². The van der Waals surface area contributed by atoms with Gasteiger partial charge in [-0.2, -0.15) is 10.5 Å². The van der Waals surface area contributed by atoms with E-state index in [1.54, 1.807) is 14.2 Å². The average Bonchev–Trinajstić information content (AvgIpc) is 2.60. The van der Waals surface area contributed by atoms with Crippen LogP contribution in [0.15, 0.2) is 45.8 Å². The molecule has 2 unspecified atom stereocenters. The van der Waals surface area contributed by atoms with Crippen molar-refractivity contribution in [2.24, 2.45) is 0 Å². The Kier molecular flexibility index (Phi) is 7.67. The van der Waals surface area contributed by atoms with E-state index in [0.717, 1.165) is 22.5 Å². The van der Waals surface area contributed by atoms with Crippen LogP contribution in [0.3, 0.4) is 0 Å². The Bertz CT molecular complexity index is 692. The monoisotopic (exact) mass is 390 g/mol. The maximum Gasteiger partial charge on any atom is 0.118 e. The van der Waals surface area contributed by atoms with Crippen LogP contribution in [0.25, 0.3) is 0 Å². The first-order valence-corrected chi connectivity index (χ1v) is 10.3. The normalized spacial score (nSPS) is 22.7. The quantitative estimate of drug-likeness (QED) is 0.641. The summed E-state index contributed by atoms with van der Waals surface area (Å²) in [4.78, 5) is 0. The maximum atomic E-state index is 9.58. The lowest BCUT2D eigenvalue weighted by Gasteiger charge is -2.29. The van der Waals surface area contributed by atoms with Crippen molar-refractivity contribution in [1.82, 2.24) is 10.6 Å². The van der Waals surface area contributed by atoms with Crippen LogP contribution in [0.1, 0.15) is 13.8 Å². The van der Waals surface area contributed by atoms with Crippen LogP contribution < -0.4 is 10.6 Å². The topological polar surface area (TPSA) is 90.1 Å². The fraction of sp³-hybridized carbons (Fsp3) is 0.444. The molecule has 0 radical (unpaired) electrons. The standard InChI is InChI=1S/C18H22N4O2S2/c1-11-5-13(9-23-3)15(7-19)17(21-11)25-26-18-16(8-20)14(10-24-4)6-12(2)22-18/h5-6,17-18,21-22H,9-10H2,1-4H3. The van der Waals surface area contributed by atoms with Gasteiger partial charge in [-0.15, -0.1) is 0 Å². The van der Waals surface area contributed by atoms with Gasteiger partial charge < -0.3 is 20.1 Å². The van der Waals surface area contributed by atoms with E-state index in [1.807, 2.05) is 26.0 Å². The lowest BCUT2D eigenvalue weighted by Crippen LogP contribution is -2.33. The molecule has 26 heavy (non-hydrogen) atoms. The van der Waals surface area contributed by atoms with Crippen molar-refractivity contribution in [3.63, 3.8) is 0 Å². The van der Waals surface area contributed by atoms with Gasteiger partial charge in [0.1, 0.15) is 10.7 Å². The van der Waals surface area contributed by atoms with Crippen LogP contribution in [0.4, 0.5) is 0 Å². The number of ether oxygens (including phenoxy) is 2. The highest BCUT2D eigenvalue weighted by Gasteiger charge is 2.28. The van der Waals surface area contributed by atoms with Gasteiger partial charge in [-0.1, -0.05) is 21.6 Å². The number of methoxy groups -OCH3 is 2. The summed E-state index contributed by atoms with van der Waals surface area (Å²) in [6.45, 7) is 4.72. The van der Waals surface area contributed by atoms with Crippen molar-refractivity contribution >= 4 is 21.6 Å². The largest absolute Gasteiger partial charge is 0.380 e. The Balaban J connectivity index is 2.17. The highest BCUT2D eigenvalue weighted by molar-refractivity contribution is 8.77. The van der Waals surface area contributed by atoms with E-state index in [9.17, 15) is 10.5 Å². The van der Waals surface area contributed by atoms with Crippen molar-refractivity contribution in [2.45, 2.75) is 24.6 Å².